The Morgan fingerprint density at radius 3 is 2.85 bits per heavy atom. The predicted molar refractivity (Wildman–Crippen MR) is 106 cm³/mol. The van der Waals surface area contributed by atoms with Gasteiger partial charge >= 0.3 is 0 Å². The van der Waals surface area contributed by atoms with Gasteiger partial charge in [0.25, 0.3) is 5.91 Å². The average Bonchev–Trinajstić information content (AvgIpc) is 3.19. The summed E-state index contributed by atoms with van der Waals surface area (Å²) < 4.78 is 0. The third-order valence-corrected chi connectivity index (χ3v) is 5.27. The lowest BCUT2D eigenvalue weighted by atomic mass is 10.0. The second-order valence-corrected chi connectivity index (χ2v) is 7.24. The number of rotatable bonds is 5. The number of hydrogen-bond donors (Lipinski definition) is 2. The standard InChI is InChI=1S/C19H23N5OS/c1-23-11-7-16(8-12-23)24(19(25)17-5-3-13-26-17)18(20)6-10-22-15-4-2-9-21-14-15/h2-6,9-10,13-14,16,20,22H,7-8,11-12H2,1H3/b10-6-,20-18?. The van der Waals surface area contributed by atoms with E-state index in [1.165, 1.54) is 11.3 Å². The highest BCUT2D eigenvalue weighted by atomic mass is 32.1. The fourth-order valence-corrected chi connectivity index (χ4v) is 3.65. The average molecular weight is 369 g/mol. The lowest BCUT2D eigenvalue weighted by Gasteiger charge is -2.36. The monoisotopic (exact) mass is 369 g/mol. The molecule has 1 saturated heterocycles. The number of nitrogens with zero attached hydrogens (tertiary/aromatic N) is 3. The van der Waals surface area contributed by atoms with Gasteiger partial charge in [-0.2, -0.15) is 0 Å². The van der Waals surface area contributed by atoms with Crippen LogP contribution in [0.2, 0.25) is 0 Å². The molecule has 0 bridgehead atoms. The number of carbonyl (C=O) groups excluding carboxylic acids is 1. The first kappa shape index (κ1) is 18.3. The number of nitrogens with one attached hydrogen (secondary N) is 2. The van der Waals surface area contributed by atoms with Crippen LogP contribution in [0.15, 0.2) is 54.3 Å². The third-order valence-electron chi connectivity index (χ3n) is 4.42. The van der Waals surface area contributed by atoms with Gasteiger partial charge in [-0.05, 0) is 62.6 Å². The van der Waals surface area contributed by atoms with Crippen molar-refractivity contribution in [2.24, 2.45) is 0 Å². The minimum atomic E-state index is -0.0921. The molecule has 2 aromatic rings. The van der Waals surface area contributed by atoms with Gasteiger partial charge in [0, 0.05) is 18.4 Å². The number of hydrogen-bond acceptors (Lipinski definition) is 6. The summed E-state index contributed by atoms with van der Waals surface area (Å²) in [4.78, 5) is 21.6. The first-order chi connectivity index (χ1) is 12.6. The van der Waals surface area contributed by atoms with Crippen LogP contribution in [0.1, 0.15) is 22.5 Å². The Hall–Kier alpha value is -2.51. The van der Waals surface area contributed by atoms with Crippen LogP contribution in [-0.2, 0) is 0 Å². The van der Waals surface area contributed by atoms with Gasteiger partial charge < -0.3 is 10.2 Å². The van der Waals surface area contributed by atoms with Crippen molar-refractivity contribution in [2.45, 2.75) is 18.9 Å². The number of carbonyl (C=O) groups is 1. The molecule has 0 spiro atoms. The molecular formula is C19H23N5OS. The highest BCUT2D eigenvalue weighted by molar-refractivity contribution is 7.12. The van der Waals surface area contributed by atoms with E-state index < -0.39 is 0 Å². The topological polar surface area (TPSA) is 72.3 Å². The minimum Gasteiger partial charge on any atom is -0.360 e. The summed E-state index contributed by atoms with van der Waals surface area (Å²) in [6.45, 7) is 1.87. The zero-order valence-corrected chi connectivity index (χ0v) is 15.6. The lowest BCUT2D eigenvalue weighted by molar-refractivity contribution is 0.0753. The summed E-state index contributed by atoms with van der Waals surface area (Å²) in [7, 11) is 2.09. The Labute approximate surface area is 157 Å². The lowest BCUT2D eigenvalue weighted by Crippen LogP contribution is -2.48. The zero-order chi connectivity index (χ0) is 18.4. The van der Waals surface area contributed by atoms with Crippen LogP contribution in [0.5, 0.6) is 0 Å². The van der Waals surface area contributed by atoms with E-state index in [0.717, 1.165) is 31.6 Å². The number of likely N-dealkylation sites (tertiary alicyclic amines) is 1. The molecule has 2 aromatic heterocycles. The smallest absolute Gasteiger partial charge is 0.269 e. The van der Waals surface area contributed by atoms with E-state index in [-0.39, 0.29) is 17.8 Å². The van der Waals surface area contributed by atoms with Crippen molar-refractivity contribution < 1.29 is 4.79 Å². The summed E-state index contributed by atoms with van der Waals surface area (Å²) in [5.74, 6) is 0.111. The molecule has 0 aliphatic carbocycles. The summed E-state index contributed by atoms with van der Waals surface area (Å²) >= 11 is 1.42. The summed E-state index contributed by atoms with van der Waals surface area (Å²) in [5, 5.41) is 13.5. The molecule has 2 N–H and O–H groups in total. The normalized spacial score (nSPS) is 15.9. The molecule has 1 amide bonds. The first-order valence-corrected chi connectivity index (χ1v) is 9.50. The van der Waals surface area contributed by atoms with Gasteiger partial charge in [-0.1, -0.05) is 6.07 Å². The molecule has 26 heavy (non-hydrogen) atoms. The Morgan fingerprint density at radius 1 is 1.38 bits per heavy atom. The van der Waals surface area contributed by atoms with Crippen molar-refractivity contribution in [3.8, 4) is 0 Å². The van der Waals surface area contributed by atoms with Crippen LogP contribution in [0.3, 0.4) is 0 Å². The van der Waals surface area contributed by atoms with E-state index in [0.29, 0.717) is 4.88 Å². The summed E-state index contributed by atoms with van der Waals surface area (Å²) in [5.41, 5.74) is 0.840. The maximum atomic E-state index is 13.0. The molecule has 0 unspecified atom stereocenters. The molecule has 0 radical (unpaired) electrons. The molecule has 7 heteroatoms. The maximum Gasteiger partial charge on any atom is 0.269 e. The molecule has 0 atom stereocenters. The number of amides is 1. The van der Waals surface area contributed by atoms with Crippen LogP contribution >= 0.6 is 11.3 Å². The Morgan fingerprint density at radius 2 is 2.19 bits per heavy atom. The van der Waals surface area contributed by atoms with Crippen molar-refractivity contribution in [3.63, 3.8) is 0 Å². The highest BCUT2D eigenvalue weighted by Crippen LogP contribution is 2.21. The van der Waals surface area contributed by atoms with Gasteiger partial charge in [0.2, 0.25) is 0 Å². The number of piperidine rings is 1. The predicted octanol–water partition coefficient (Wildman–Crippen LogP) is 3.28. The van der Waals surface area contributed by atoms with Crippen molar-refractivity contribution in [1.29, 1.82) is 5.41 Å². The second kappa shape index (κ2) is 8.73. The Balaban J connectivity index is 1.73. The number of pyridine rings is 1. The summed E-state index contributed by atoms with van der Waals surface area (Å²) in [6, 6.07) is 7.48. The maximum absolute atomic E-state index is 13.0. The molecule has 3 heterocycles. The molecule has 1 aliphatic heterocycles. The van der Waals surface area contributed by atoms with Crippen LogP contribution < -0.4 is 5.32 Å². The van der Waals surface area contributed by atoms with E-state index in [2.05, 4.69) is 22.2 Å². The molecular weight excluding hydrogens is 346 g/mol. The van der Waals surface area contributed by atoms with Crippen molar-refractivity contribution >= 4 is 28.8 Å². The fourth-order valence-electron chi connectivity index (χ4n) is 2.99. The van der Waals surface area contributed by atoms with Gasteiger partial charge in [0.05, 0.1) is 16.8 Å². The van der Waals surface area contributed by atoms with Crippen molar-refractivity contribution in [1.82, 2.24) is 14.8 Å². The third kappa shape index (κ3) is 4.56. The molecule has 3 rings (SSSR count). The van der Waals surface area contributed by atoms with Gasteiger partial charge in [-0.15, -0.1) is 11.3 Å². The van der Waals surface area contributed by atoms with Gasteiger partial charge in [0.1, 0.15) is 5.84 Å². The van der Waals surface area contributed by atoms with Crippen LogP contribution in [0.25, 0.3) is 0 Å². The van der Waals surface area contributed by atoms with Crippen molar-refractivity contribution in [3.05, 3.63) is 59.2 Å². The highest BCUT2D eigenvalue weighted by Gasteiger charge is 2.30. The molecule has 0 saturated carbocycles. The molecule has 136 valence electrons. The second-order valence-electron chi connectivity index (χ2n) is 6.29. The van der Waals surface area contributed by atoms with E-state index in [4.69, 9.17) is 5.41 Å². The van der Waals surface area contributed by atoms with E-state index in [1.807, 2.05) is 29.6 Å². The Bertz CT molecular complexity index is 752. The molecule has 6 nitrogen and oxygen atoms in total. The Kier molecular flexibility index (Phi) is 6.14. The van der Waals surface area contributed by atoms with Crippen LogP contribution in [-0.4, -0.2) is 52.7 Å². The number of aromatic nitrogens is 1. The largest absolute Gasteiger partial charge is 0.360 e. The summed E-state index contributed by atoms with van der Waals surface area (Å²) in [6.07, 6.45) is 8.48. The van der Waals surface area contributed by atoms with Gasteiger partial charge in [-0.3, -0.25) is 20.1 Å². The van der Waals surface area contributed by atoms with Gasteiger partial charge in [-0.25, -0.2) is 0 Å². The zero-order valence-electron chi connectivity index (χ0n) is 14.8. The van der Waals surface area contributed by atoms with Crippen LogP contribution in [0.4, 0.5) is 5.69 Å². The minimum absolute atomic E-state index is 0.0522. The number of amidine groups is 1. The van der Waals surface area contributed by atoms with Crippen molar-refractivity contribution in [2.75, 3.05) is 25.5 Å². The fraction of sp³-hybridized carbons (Fsp3) is 0.316. The van der Waals surface area contributed by atoms with E-state index in [1.54, 1.807) is 29.6 Å². The SMILES string of the molecule is CN1CCC(N(C(=N)/C=C\Nc2cccnc2)C(=O)c2cccs2)CC1. The van der Waals surface area contributed by atoms with Crippen LogP contribution in [0, 0.1) is 5.41 Å². The molecule has 1 aliphatic rings. The molecule has 1 fully saturated rings. The first-order valence-electron chi connectivity index (χ1n) is 8.62. The van der Waals surface area contributed by atoms with E-state index >= 15 is 0 Å². The number of anilines is 1. The van der Waals surface area contributed by atoms with E-state index in [9.17, 15) is 4.79 Å². The van der Waals surface area contributed by atoms with Gasteiger partial charge in [0.15, 0.2) is 0 Å². The molecule has 0 aromatic carbocycles. The quantitative estimate of drug-likeness (QED) is 0.627. The number of thiophene rings is 1.